The molecule has 0 spiro atoms. The summed E-state index contributed by atoms with van der Waals surface area (Å²) in [6, 6.07) is 12.1. The number of hydrogen-bond donors (Lipinski definition) is 1. The number of carbonyl (C=O) groups excluding carboxylic acids is 2. The van der Waals surface area contributed by atoms with E-state index < -0.39 is 0 Å². The second-order valence-electron chi connectivity index (χ2n) is 8.02. The van der Waals surface area contributed by atoms with Gasteiger partial charge in [0, 0.05) is 11.3 Å². The Labute approximate surface area is 178 Å². The summed E-state index contributed by atoms with van der Waals surface area (Å²) in [6.07, 6.45) is 1.80. The first-order valence-corrected chi connectivity index (χ1v) is 10.1. The van der Waals surface area contributed by atoms with Crippen LogP contribution < -0.4 is 14.8 Å². The highest BCUT2D eigenvalue weighted by atomic mass is 16.5. The van der Waals surface area contributed by atoms with E-state index in [1.165, 1.54) is 0 Å². The maximum atomic E-state index is 12.3. The minimum absolute atomic E-state index is 0.129. The van der Waals surface area contributed by atoms with Crippen LogP contribution in [-0.4, -0.2) is 32.2 Å². The molecule has 0 saturated heterocycles. The van der Waals surface area contributed by atoms with Gasteiger partial charge in [-0.15, -0.1) is 0 Å². The molecule has 0 bridgehead atoms. The number of methoxy groups -OCH3 is 1. The zero-order chi connectivity index (χ0) is 22.1. The maximum Gasteiger partial charge on any atom is 0.338 e. The van der Waals surface area contributed by atoms with Crippen LogP contribution in [0.5, 0.6) is 11.5 Å². The fraction of sp³-hybridized carbons (Fsp3) is 0.417. The average Bonchev–Trinajstić information content (AvgIpc) is 2.72. The summed E-state index contributed by atoms with van der Waals surface area (Å²) < 4.78 is 16.2. The molecule has 162 valence electrons. The molecule has 1 N–H and O–H groups in total. The first-order chi connectivity index (χ1) is 14.2. The van der Waals surface area contributed by atoms with Crippen molar-refractivity contribution in [2.75, 3.05) is 25.6 Å². The highest BCUT2D eigenvalue weighted by Gasteiger charge is 2.20. The van der Waals surface area contributed by atoms with E-state index in [0.29, 0.717) is 23.6 Å². The molecule has 0 fully saturated rings. The Morgan fingerprint density at radius 2 is 1.73 bits per heavy atom. The van der Waals surface area contributed by atoms with Gasteiger partial charge in [-0.3, -0.25) is 4.79 Å². The molecule has 0 atom stereocenters. The zero-order valence-electron chi connectivity index (χ0n) is 18.4. The van der Waals surface area contributed by atoms with Crippen molar-refractivity contribution in [2.24, 2.45) is 0 Å². The number of hydrogen-bond acceptors (Lipinski definition) is 5. The Morgan fingerprint density at radius 3 is 2.33 bits per heavy atom. The molecule has 0 saturated carbocycles. The third-order valence-corrected chi connectivity index (χ3v) is 4.49. The SMILES string of the molecule is CCCCOC(=O)c1ccc(NC(=O)COc2ccc(OC)cc2C(C)(C)C)cc1. The second-order valence-corrected chi connectivity index (χ2v) is 8.02. The lowest BCUT2D eigenvalue weighted by molar-refractivity contribution is -0.118. The number of nitrogens with one attached hydrogen (secondary N) is 1. The molecule has 2 aromatic carbocycles. The van der Waals surface area contributed by atoms with E-state index in [0.717, 1.165) is 24.2 Å². The summed E-state index contributed by atoms with van der Waals surface area (Å²) in [6.45, 7) is 8.54. The molecule has 1 amide bonds. The monoisotopic (exact) mass is 413 g/mol. The van der Waals surface area contributed by atoms with Gasteiger partial charge in [0.2, 0.25) is 0 Å². The Kier molecular flexibility index (Phi) is 8.27. The first kappa shape index (κ1) is 23.3. The zero-order valence-corrected chi connectivity index (χ0v) is 18.4. The first-order valence-electron chi connectivity index (χ1n) is 10.1. The van der Waals surface area contributed by atoms with Crippen LogP contribution in [0.1, 0.15) is 56.5 Å². The number of unbranched alkanes of at least 4 members (excludes halogenated alkanes) is 1. The van der Waals surface area contributed by atoms with Crippen LogP contribution in [-0.2, 0) is 14.9 Å². The summed E-state index contributed by atoms with van der Waals surface area (Å²) in [7, 11) is 1.62. The fourth-order valence-corrected chi connectivity index (χ4v) is 2.77. The second kappa shape index (κ2) is 10.7. The molecule has 0 aliphatic rings. The van der Waals surface area contributed by atoms with Crippen LogP contribution in [0.4, 0.5) is 5.69 Å². The predicted octanol–water partition coefficient (Wildman–Crippen LogP) is 4.97. The van der Waals surface area contributed by atoms with Crippen molar-refractivity contribution in [1.29, 1.82) is 0 Å². The number of amides is 1. The van der Waals surface area contributed by atoms with Crippen molar-refractivity contribution >= 4 is 17.6 Å². The van der Waals surface area contributed by atoms with Crippen molar-refractivity contribution in [3.05, 3.63) is 53.6 Å². The van der Waals surface area contributed by atoms with Crippen molar-refractivity contribution in [3.8, 4) is 11.5 Å². The Hall–Kier alpha value is -3.02. The average molecular weight is 414 g/mol. The Balaban J connectivity index is 1.94. The highest BCUT2D eigenvalue weighted by Crippen LogP contribution is 2.34. The van der Waals surface area contributed by atoms with Gasteiger partial charge in [-0.2, -0.15) is 0 Å². The van der Waals surface area contributed by atoms with Gasteiger partial charge in [0.25, 0.3) is 5.91 Å². The number of benzene rings is 2. The molecule has 0 heterocycles. The minimum Gasteiger partial charge on any atom is -0.497 e. The summed E-state index contributed by atoms with van der Waals surface area (Å²) in [5.41, 5.74) is 1.83. The Morgan fingerprint density at radius 1 is 1.03 bits per heavy atom. The lowest BCUT2D eigenvalue weighted by atomic mass is 9.86. The fourth-order valence-electron chi connectivity index (χ4n) is 2.77. The molecule has 0 aliphatic heterocycles. The lowest BCUT2D eigenvalue weighted by Gasteiger charge is -2.23. The van der Waals surface area contributed by atoms with Crippen LogP contribution in [0, 0.1) is 0 Å². The van der Waals surface area contributed by atoms with Crippen LogP contribution in [0.3, 0.4) is 0 Å². The van der Waals surface area contributed by atoms with Crippen LogP contribution in [0.25, 0.3) is 0 Å². The number of ether oxygens (including phenoxy) is 3. The van der Waals surface area contributed by atoms with Gasteiger partial charge in [-0.05, 0) is 54.3 Å². The van der Waals surface area contributed by atoms with E-state index >= 15 is 0 Å². The summed E-state index contributed by atoms with van der Waals surface area (Å²) in [4.78, 5) is 24.2. The molecule has 0 aliphatic carbocycles. The van der Waals surface area contributed by atoms with E-state index in [-0.39, 0.29) is 23.9 Å². The Bertz CT molecular complexity index is 853. The van der Waals surface area contributed by atoms with Gasteiger partial charge in [-0.25, -0.2) is 4.79 Å². The maximum absolute atomic E-state index is 12.3. The van der Waals surface area contributed by atoms with Crippen LogP contribution in [0.15, 0.2) is 42.5 Å². The minimum atomic E-state index is -0.362. The van der Waals surface area contributed by atoms with E-state index in [2.05, 4.69) is 26.1 Å². The highest BCUT2D eigenvalue weighted by molar-refractivity contribution is 5.93. The molecule has 2 rings (SSSR count). The quantitative estimate of drug-likeness (QED) is 0.464. The summed E-state index contributed by atoms with van der Waals surface area (Å²) in [5.74, 6) is 0.733. The number of esters is 1. The lowest BCUT2D eigenvalue weighted by Crippen LogP contribution is -2.22. The van der Waals surface area contributed by atoms with Gasteiger partial charge < -0.3 is 19.5 Å². The van der Waals surface area contributed by atoms with E-state index in [9.17, 15) is 9.59 Å². The van der Waals surface area contributed by atoms with Crippen molar-refractivity contribution < 1.29 is 23.8 Å². The van der Waals surface area contributed by atoms with Crippen molar-refractivity contribution in [2.45, 2.75) is 46.0 Å². The van der Waals surface area contributed by atoms with Gasteiger partial charge in [0.15, 0.2) is 6.61 Å². The molecule has 0 aromatic heterocycles. The molecular weight excluding hydrogens is 382 g/mol. The molecule has 30 heavy (non-hydrogen) atoms. The van der Waals surface area contributed by atoms with Gasteiger partial charge >= 0.3 is 5.97 Å². The molecule has 6 heteroatoms. The molecular formula is C24H31NO5. The predicted molar refractivity (Wildman–Crippen MR) is 117 cm³/mol. The molecule has 2 aromatic rings. The van der Waals surface area contributed by atoms with Crippen LogP contribution in [0.2, 0.25) is 0 Å². The van der Waals surface area contributed by atoms with Gasteiger partial charge in [0.1, 0.15) is 11.5 Å². The third-order valence-electron chi connectivity index (χ3n) is 4.49. The molecule has 6 nitrogen and oxygen atoms in total. The van der Waals surface area contributed by atoms with Gasteiger partial charge in [0.05, 0.1) is 19.3 Å². The smallest absolute Gasteiger partial charge is 0.338 e. The summed E-state index contributed by atoms with van der Waals surface area (Å²) >= 11 is 0. The standard InChI is InChI=1S/C24H31NO5/c1-6-7-14-29-23(27)17-8-10-18(11-9-17)25-22(26)16-30-21-13-12-19(28-5)15-20(21)24(2,3)4/h8-13,15H,6-7,14,16H2,1-5H3,(H,25,26). The number of carbonyl (C=O) groups is 2. The van der Waals surface area contributed by atoms with E-state index in [1.54, 1.807) is 37.4 Å². The van der Waals surface area contributed by atoms with E-state index in [4.69, 9.17) is 14.2 Å². The normalized spacial score (nSPS) is 11.0. The third kappa shape index (κ3) is 6.79. The number of anilines is 1. The van der Waals surface area contributed by atoms with Crippen molar-refractivity contribution in [3.63, 3.8) is 0 Å². The van der Waals surface area contributed by atoms with E-state index in [1.807, 2.05) is 19.1 Å². The summed E-state index contributed by atoms with van der Waals surface area (Å²) in [5, 5.41) is 2.77. The van der Waals surface area contributed by atoms with Crippen molar-refractivity contribution in [1.82, 2.24) is 0 Å². The number of rotatable bonds is 9. The van der Waals surface area contributed by atoms with Crippen LogP contribution >= 0.6 is 0 Å². The topological polar surface area (TPSA) is 73.9 Å². The molecule has 0 unspecified atom stereocenters. The molecule has 0 radical (unpaired) electrons. The van der Waals surface area contributed by atoms with Gasteiger partial charge in [-0.1, -0.05) is 34.1 Å². The largest absolute Gasteiger partial charge is 0.497 e.